The number of fused-ring (bicyclic) bond motifs is 8. The van der Waals surface area contributed by atoms with Crippen LogP contribution in [0.2, 0.25) is 0 Å². The van der Waals surface area contributed by atoms with Crippen molar-refractivity contribution in [2.45, 2.75) is 12.8 Å². The van der Waals surface area contributed by atoms with Crippen molar-refractivity contribution in [3.05, 3.63) is 109 Å². The zero-order chi connectivity index (χ0) is 25.5. The molecule has 0 radical (unpaired) electrons. The summed E-state index contributed by atoms with van der Waals surface area (Å²) in [5, 5.41) is 4.98. The van der Waals surface area contributed by atoms with E-state index in [1.807, 2.05) is 18.6 Å². The summed E-state index contributed by atoms with van der Waals surface area (Å²) in [7, 11) is 0. The highest BCUT2D eigenvalue weighted by Gasteiger charge is 2.23. The van der Waals surface area contributed by atoms with E-state index in [0.29, 0.717) is 0 Å². The van der Waals surface area contributed by atoms with Crippen LogP contribution < -0.4 is 0 Å². The van der Waals surface area contributed by atoms with E-state index in [4.69, 9.17) is 15.0 Å². The van der Waals surface area contributed by atoms with E-state index >= 15 is 0 Å². The van der Waals surface area contributed by atoms with Gasteiger partial charge in [0, 0.05) is 28.1 Å². The number of rotatable bonds is 2. The summed E-state index contributed by atoms with van der Waals surface area (Å²) in [6, 6.07) is 32.6. The van der Waals surface area contributed by atoms with Gasteiger partial charge in [-0.2, -0.15) is 0 Å². The van der Waals surface area contributed by atoms with Crippen LogP contribution in [0.25, 0.3) is 71.9 Å². The first-order valence-corrected chi connectivity index (χ1v) is 13.4. The van der Waals surface area contributed by atoms with Crippen LogP contribution >= 0.6 is 0 Å². The molecule has 2 aliphatic rings. The summed E-state index contributed by atoms with van der Waals surface area (Å²) in [6.07, 6.45) is 7.79. The monoisotopic (exact) mass is 498 g/mol. The van der Waals surface area contributed by atoms with Crippen LogP contribution in [0.5, 0.6) is 0 Å². The van der Waals surface area contributed by atoms with Gasteiger partial charge in [0.25, 0.3) is 0 Å². The van der Waals surface area contributed by atoms with E-state index in [2.05, 4.69) is 95.6 Å². The van der Waals surface area contributed by atoms with E-state index in [9.17, 15) is 0 Å². The Morgan fingerprint density at radius 2 is 1.36 bits per heavy atom. The predicted molar refractivity (Wildman–Crippen MR) is 160 cm³/mol. The number of aliphatic imine (C=N–C) groups is 1. The Hall–Kier alpha value is -5.09. The molecule has 2 aromatic heterocycles. The number of hydrogen-bond donors (Lipinski definition) is 0. The quantitative estimate of drug-likeness (QED) is 0.239. The Bertz CT molecular complexity index is 2140. The van der Waals surface area contributed by atoms with Crippen molar-refractivity contribution in [2.75, 3.05) is 0 Å². The second kappa shape index (κ2) is 7.71. The molecule has 0 saturated carbocycles. The highest BCUT2D eigenvalue weighted by Crippen LogP contribution is 2.49. The molecule has 0 unspecified atom stereocenters. The Labute approximate surface area is 224 Å². The SMILES string of the molecule is C1=Nc2ccc3c4ccccc4n(-c4cnc(-c5ccc6c7c(cccc57)-c5ccccc5-6)cn4)c3c2CC1. The van der Waals surface area contributed by atoms with Gasteiger partial charge in [0.15, 0.2) is 5.82 Å². The molecule has 4 heteroatoms. The molecule has 0 spiro atoms. The standard InChI is InChI=1S/C35H22N4/c1-2-8-22-21(7-1)25-10-5-11-26-23(14-15-27(22)34(25)26)31-19-38-33(20-37-31)39-32-13-4-3-9-24(32)28-16-17-30-29(35(28)39)12-6-18-36-30/h1-5,7-11,13-20H,6,12H2. The van der Waals surface area contributed by atoms with Crippen LogP contribution in [-0.2, 0) is 6.42 Å². The lowest BCUT2D eigenvalue weighted by atomic mass is 9.97. The predicted octanol–water partition coefficient (Wildman–Crippen LogP) is 8.69. The lowest BCUT2D eigenvalue weighted by Gasteiger charge is -2.14. The summed E-state index contributed by atoms with van der Waals surface area (Å²) in [5.41, 5.74) is 11.8. The molecule has 0 N–H and O–H groups in total. The lowest BCUT2D eigenvalue weighted by molar-refractivity contribution is 1.000. The minimum Gasteiger partial charge on any atom is -0.292 e. The molecule has 5 aromatic carbocycles. The zero-order valence-corrected chi connectivity index (χ0v) is 21.1. The molecule has 9 rings (SSSR count). The van der Waals surface area contributed by atoms with Gasteiger partial charge in [-0.25, -0.2) is 4.98 Å². The summed E-state index contributed by atoms with van der Waals surface area (Å²) < 4.78 is 2.27. The van der Waals surface area contributed by atoms with Gasteiger partial charge in [0.05, 0.1) is 34.8 Å². The topological polar surface area (TPSA) is 43.1 Å². The van der Waals surface area contributed by atoms with Gasteiger partial charge in [-0.3, -0.25) is 14.5 Å². The Kier molecular flexibility index (Phi) is 4.14. The fraction of sp³-hybridized carbons (Fsp3) is 0.0571. The van der Waals surface area contributed by atoms with Crippen molar-refractivity contribution in [3.63, 3.8) is 0 Å². The molecule has 1 aliphatic heterocycles. The first kappa shape index (κ1) is 20.9. The Morgan fingerprint density at radius 1 is 0.590 bits per heavy atom. The highest BCUT2D eigenvalue weighted by atomic mass is 15.1. The van der Waals surface area contributed by atoms with Crippen molar-refractivity contribution >= 4 is 44.5 Å². The molecule has 0 fully saturated rings. The highest BCUT2D eigenvalue weighted by molar-refractivity contribution is 6.18. The van der Waals surface area contributed by atoms with Gasteiger partial charge < -0.3 is 0 Å². The smallest absolute Gasteiger partial charge is 0.156 e. The van der Waals surface area contributed by atoms with Crippen LogP contribution in [0.1, 0.15) is 12.0 Å². The van der Waals surface area contributed by atoms with Gasteiger partial charge >= 0.3 is 0 Å². The van der Waals surface area contributed by atoms with E-state index in [0.717, 1.165) is 41.1 Å². The fourth-order valence-corrected chi connectivity index (χ4v) is 6.70. The number of aryl methyl sites for hydroxylation is 1. The molecule has 7 aromatic rings. The molecular weight excluding hydrogens is 476 g/mol. The normalized spacial score (nSPS) is 13.3. The number of para-hydroxylation sites is 1. The third kappa shape index (κ3) is 2.80. The van der Waals surface area contributed by atoms with E-state index in [-0.39, 0.29) is 0 Å². The maximum atomic E-state index is 5.02. The fourth-order valence-electron chi connectivity index (χ4n) is 6.70. The molecule has 4 nitrogen and oxygen atoms in total. The number of aromatic nitrogens is 3. The summed E-state index contributed by atoms with van der Waals surface area (Å²) >= 11 is 0. The second-order valence-electron chi connectivity index (χ2n) is 10.4. The summed E-state index contributed by atoms with van der Waals surface area (Å²) in [5.74, 6) is 0.825. The summed E-state index contributed by atoms with van der Waals surface area (Å²) in [6.45, 7) is 0. The third-order valence-electron chi connectivity index (χ3n) is 8.36. The third-order valence-corrected chi connectivity index (χ3v) is 8.36. The van der Waals surface area contributed by atoms with Crippen LogP contribution in [0.4, 0.5) is 5.69 Å². The second-order valence-corrected chi connectivity index (χ2v) is 10.4. The lowest BCUT2D eigenvalue weighted by Crippen LogP contribution is -2.03. The molecule has 1 aliphatic carbocycles. The van der Waals surface area contributed by atoms with Crippen LogP contribution in [0.3, 0.4) is 0 Å². The molecule has 182 valence electrons. The average Bonchev–Trinajstić information content (AvgIpc) is 3.52. The van der Waals surface area contributed by atoms with Gasteiger partial charge in [-0.15, -0.1) is 0 Å². The van der Waals surface area contributed by atoms with E-state index in [1.54, 1.807) is 0 Å². The van der Waals surface area contributed by atoms with E-state index < -0.39 is 0 Å². The molecule has 0 amide bonds. The first-order valence-electron chi connectivity index (χ1n) is 13.4. The van der Waals surface area contributed by atoms with E-state index in [1.165, 1.54) is 54.9 Å². The minimum atomic E-state index is 0.825. The number of benzene rings is 5. The zero-order valence-electron chi connectivity index (χ0n) is 21.1. The Balaban J connectivity index is 1.24. The van der Waals surface area contributed by atoms with Crippen LogP contribution in [-0.4, -0.2) is 20.7 Å². The maximum Gasteiger partial charge on any atom is 0.156 e. The van der Waals surface area contributed by atoms with Crippen molar-refractivity contribution < 1.29 is 0 Å². The van der Waals surface area contributed by atoms with Crippen LogP contribution in [0, 0.1) is 0 Å². The molecule has 0 atom stereocenters. The largest absolute Gasteiger partial charge is 0.292 e. The van der Waals surface area contributed by atoms with Gasteiger partial charge in [-0.1, -0.05) is 78.9 Å². The first-order chi connectivity index (χ1) is 19.4. The summed E-state index contributed by atoms with van der Waals surface area (Å²) in [4.78, 5) is 14.7. The maximum absolute atomic E-state index is 5.02. The van der Waals surface area contributed by atoms with Crippen molar-refractivity contribution in [2.24, 2.45) is 4.99 Å². The van der Waals surface area contributed by atoms with Gasteiger partial charge in [-0.05, 0) is 58.0 Å². The molecular formula is C35H22N4. The van der Waals surface area contributed by atoms with Crippen molar-refractivity contribution in [1.29, 1.82) is 0 Å². The molecule has 39 heavy (non-hydrogen) atoms. The molecule has 0 saturated heterocycles. The van der Waals surface area contributed by atoms with Crippen molar-refractivity contribution in [1.82, 2.24) is 14.5 Å². The van der Waals surface area contributed by atoms with Crippen molar-refractivity contribution in [3.8, 4) is 39.3 Å². The molecule has 3 heterocycles. The number of hydrogen-bond acceptors (Lipinski definition) is 3. The van der Waals surface area contributed by atoms with Gasteiger partial charge in [0.1, 0.15) is 0 Å². The van der Waals surface area contributed by atoms with Gasteiger partial charge in [0.2, 0.25) is 0 Å². The van der Waals surface area contributed by atoms with Crippen LogP contribution in [0.15, 0.2) is 108 Å². The Morgan fingerprint density at radius 3 is 2.23 bits per heavy atom. The molecule has 0 bridgehead atoms. The number of nitrogens with zero attached hydrogens (tertiary/aromatic N) is 4. The minimum absolute atomic E-state index is 0.825. The average molecular weight is 499 g/mol.